The molecule has 4 heteroatoms. The van der Waals surface area contributed by atoms with Crippen molar-refractivity contribution in [3.8, 4) is 0 Å². The van der Waals surface area contributed by atoms with Crippen LogP contribution in [0.4, 0.5) is 4.39 Å². The van der Waals surface area contributed by atoms with Crippen molar-refractivity contribution in [3.63, 3.8) is 0 Å². The summed E-state index contributed by atoms with van der Waals surface area (Å²) in [5, 5.41) is 2.83. The number of hydrogen-bond donors (Lipinski definition) is 0. The van der Waals surface area contributed by atoms with E-state index in [2.05, 4.69) is 4.98 Å². The lowest BCUT2D eigenvalue weighted by molar-refractivity contribution is 0.0992. The Morgan fingerprint density at radius 1 is 1.41 bits per heavy atom. The molecular weight excluding hydrogens is 237 g/mol. The van der Waals surface area contributed by atoms with Gasteiger partial charge in [-0.15, -0.1) is 11.3 Å². The van der Waals surface area contributed by atoms with E-state index >= 15 is 0 Å². The van der Waals surface area contributed by atoms with Gasteiger partial charge in [0.1, 0.15) is 5.82 Å². The Labute approximate surface area is 103 Å². The molecule has 0 atom stereocenters. The van der Waals surface area contributed by atoms with Gasteiger partial charge in [-0.3, -0.25) is 4.79 Å². The van der Waals surface area contributed by atoms with Crippen molar-refractivity contribution in [2.24, 2.45) is 0 Å². The van der Waals surface area contributed by atoms with E-state index in [0.717, 1.165) is 10.7 Å². The fraction of sp³-hybridized carbons (Fsp3) is 0.231. The van der Waals surface area contributed by atoms with Crippen LogP contribution in [0.2, 0.25) is 0 Å². The molecular formula is C13H12FNOS. The van der Waals surface area contributed by atoms with Crippen molar-refractivity contribution >= 4 is 17.1 Å². The van der Waals surface area contributed by atoms with E-state index in [1.54, 1.807) is 13.0 Å². The predicted octanol–water partition coefficient (Wildman–Crippen LogP) is 3.32. The van der Waals surface area contributed by atoms with Gasteiger partial charge >= 0.3 is 0 Å². The molecule has 0 unspecified atom stereocenters. The fourth-order valence-electron chi connectivity index (χ4n) is 1.57. The second-order valence-corrected chi connectivity index (χ2v) is 4.98. The molecule has 0 N–H and O–H groups in total. The third-order valence-electron chi connectivity index (χ3n) is 2.49. The summed E-state index contributed by atoms with van der Waals surface area (Å²) in [5.74, 6) is -0.315. The van der Waals surface area contributed by atoms with Crippen LogP contribution in [0.5, 0.6) is 0 Å². The van der Waals surface area contributed by atoms with Gasteiger partial charge in [-0.1, -0.05) is 0 Å². The second-order valence-electron chi connectivity index (χ2n) is 3.92. The van der Waals surface area contributed by atoms with E-state index < -0.39 is 0 Å². The second kappa shape index (κ2) is 4.75. The largest absolute Gasteiger partial charge is 0.294 e. The summed E-state index contributed by atoms with van der Waals surface area (Å²) in [7, 11) is 0. The number of benzene rings is 1. The molecule has 88 valence electrons. The molecule has 0 aliphatic heterocycles. The fourth-order valence-corrected chi connectivity index (χ4v) is 2.19. The summed E-state index contributed by atoms with van der Waals surface area (Å²) < 4.78 is 13.1. The van der Waals surface area contributed by atoms with E-state index in [-0.39, 0.29) is 18.0 Å². The minimum atomic E-state index is -0.286. The number of hydrogen-bond acceptors (Lipinski definition) is 3. The highest BCUT2D eigenvalue weighted by molar-refractivity contribution is 7.09. The Kier molecular flexibility index (Phi) is 3.33. The van der Waals surface area contributed by atoms with Crippen molar-refractivity contribution in [2.75, 3.05) is 0 Å². The zero-order valence-electron chi connectivity index (χ0n) is 9.66. The van der Waals surface area contributed by atoms with Crippen LogP contribution in [-0.2, 0) is 6.42 Å². The number of halogens is 1. The first-order chi connectivity index (χ1) is 8.06. The van der Waals surface area contributed by atoms with Gasteiger partial charge in [0.25, 0.3) is 0 Å². The number of aromatic nitrogens is 1. The first-order valence-electron chi connectivity index (χ1n) is 5.26. The number of aryl methyl sites for hydroxylation is 2. The molecule has 0 spiro atoms. The van der Waals surface area contributed by atoms with Gasteiger partial charge in [-0.25, -0.2) is 9.37 Å². The van der Waals surface area contributed by atoms with Crippen LogP contribution in [0.3, 0.4) is 0 Å². The Bertz CT molecular complexity index is 562. The molecule has 1 aromatic heterocycles. The molecule has 2 nitrogen and oxygen atoms in total. The average molecular weight is 249 g/mol. The Hall–Kier alpha value is -1.55. The van der Waals surface area contributed by atoms with Gasteiger partial charge in [0, 0.05) is 10.9 Å². The smallest absolute Gasteiger partial charge is 0.168 e. The molecule has 2 aromatic rings. The monoisotopic (exact) mass is 249 g/mol. The molecule has 0 aliphatic rings. The lowest BCUT2D eigenvalue weighted by Crippen LogP contribution is -2.04. The number of thiazole rings is 1. The number of Topliss-reactive ketones (excluding diaryl/α,β-unsaturated/α-hetero) is 1. The Morgan fingerprint density at radius 3 is 2.76 bits per heavy atom. The number of rotatable bonds is 3. The standard InChI is InChI=1S/C13H12FNOS/c1-8-5-10(3-4-12(8)14)13(16)6-11-7-17-9(2)15-11/h3-5,7H,6H2,1-2H3. The van der Waals surface area contributed by atoms with E-state index in [4.69, 9.17) is 0 Å². The van der Waals surface area contributed by atoms with Gasteiger partial charge in [0.15, 0.2) is 5.78 Å². The van der Waals surface area contributed by atoms with Gasteiger partial charge in [-0.2, -0.15) is 0 Å². The molecule has 0 radical (unpaired) electrons. The van der Waals surface area contributed by atoms with Gasteiger partial charge in [0.2, 0.25) is 0 Å². The minimum Gasteiger partial charge on any atom is -0.294 e. The molecule has 0 bridgehead atoms. The van der Waals surface area contributed by atoms with Gasteiger partial charge in [-0.05, 0) is 37.6 Å². The molecule has 0 saturated carbocycles. The minimum absolute atomic E-state index is 0.0293. The molecule has 0 saturated heterocycles. The van der Waals surface area contributed by atoms with Crippen molar-refractivity contribution in [1.29, 1.82) is 0 Å². The van der Waals surface area contributed by atoms with Crippen molar-refractivity contribution < 1.29 is 9.18 Å². The maximum atomic E-state index is 13.1. The highest BCUT2D eigenvalue weighted by atomic mass is 32.1. The van der Waals surface area contributed by atoms with Crippen LogP contribution < -0.4 is 0 Å². The van der Waals surface area contributed by atoms with Crippen molar-refractivity contribution in [2.45, 2.75) is 20.3 Å². The Morgan fingerprint density at radius 2 is 2.18 bits per heavy atom. The molecule has 1 heterocycles. The number of ketones is 1. The summed E-state index contributed by atoms with van der Waals surface area (Å²) in [6, 6.07) is 4.43. The molecule has 1 aromatic carbocycles. The molecule has 2 rings (SSSR count). The highest BCUT2D eigenvalue weighted by Gasteiger charge is 2.10. The van der Waals surface area contributed by atoms with Crippen LogP contribution in [-0.4, -0.2) is 10.8 Å². The lowest BCUT2D eigenvalue weighted by atomic mass is 10.0. The molecule has 0 fully saturated rings. The van der Waals surface area contributed by atoms with Gasteiger partial charge < -0.3 is 0 Å². The summed E-state index contributed by atoms with van der Waals surface area (Å²) in [6.07, 6.45) is 0.273. The summed E-state index contributed by atoms with van der Waals surface area (Å²) >= 11 is 1.52. The average Bonchev–Trinajstić information content (AvgIpc) is 2.68. The molecule has 0 amide bonds. The van der Waals surface area contributed by atoms with Gasteiger partial charge in [0.05, 0.1) is 17.1 Å². The van der Waals surface area contributed by atoms with E-state index in [9.17, 15) is 9.18 Å². The molecule has 0 aliphatic carbocycles. The summed E-state index contributed by atoms with van der Waals surface area (Å²) in [5.41, 5.74) is 1.80. The van der Waals surface area contributed by atoms with Crippen LogP contribution in [0.25, 0.3) is 0 Å². The van der Waals surface area contributed by atoms with Crippen molar-refractivity contribution in [3.05, 3.63) is 51.2 Å². The topological polar surface area (TPSA) is 30.0 Å². The number of nitrogens with zero attached hydrogens (tertiary/aromatic N) is 1. The van der Waals surface area contributed by atoms with Crippen LogP contribution in [0, 0.1) is 19.7 Å². The Balaban J connectivity index is 2.17. The normalized spacial score (nSPS) is 10.5. The maximum absolute atomic E-state index is 13.1. The maximum Gasteiger partial charge on any atom is 0.168 e. The third kappa shape index (κ3) is 2.77. The SMILES string of the molecule is Cc1nc(CC(=O)c2ccc(F)c(C)c2)cs1. The first-order valence-corrected chi connectivity index (χ1v) is 6.14. The zero-order chi connectivity index (χ0) is 12.4. The first kappa shape index (κ1) is 11.9. The summed E-state index contributed by atoms with van der Waals surface area (Å²) in [4.78, 5) is 16.2. The highest BCUT2D eigenvalue weighted by Crippen LogP contribution is 2.14. The zero-order valence-corrected chi connectivity index (χ0v) is 10.5. The van der Waals surface area contributed by atoms with E-state index in [1.807, 2.05) is 12.3 Å². The number of carbonyl (C=O) groups is 1. The van der Waals surface area contributed by atoms with Crippen LogP contribution >= 0.6 is 11.3 Å². The third-order valence-corrected chi connectivity index (χ3v) is 3.31. The van der Waals surface area contributed by atoms with E-state index in [0.29, 0.717) is 11.1 Å². The lowest BCUT2D eigenvalue weighted by Gasteiger charge is -2.01. The summed E-state index contributed by atoms with van der Waals surface area (Å²) in [6.45, 7) is 3.56. The predicted molar refractivity (Wildman–Crippen MR) is 66.0 cm³/mol. The number of carbonyl (C=O) groups excluding carboxylic acids is 1. The van der Waals surface area contributed by atoms with E-state index in [1.165, 1.54) is 23.5 Å². The quantitative estimate of drug-likeness (QED) is 0.781. The van der Waals surface area contributed by atoms with Crippen LogP contribution in [0.1, 0.15) is 26.6 Å². The van der Waals surface area contributed by atoms with Crippen LogP contribution in [0.15, 0.2) is 23.6 Å². The molecule has 17 heavy (non-hydrogen) atoms. The van der Waals surface area contributed by atoms with Crippen molar-refractivity contribution in [1.82, 2.24) is 4.98 Å².